The number of ether oxygens (including phenoxy) is 1. The molecule has 1 heterocycles. The van der Waals surface area contributed by atoms with Gasteiger partial charge in [0.15, 0.2) is 0 Å². The number of carboxylic acids is 1. The van der Waals surface area contributed by atoms with E-state index in [1.165, 1.54) is 6.07 Å². The zero-order chi connectivity index (χ0) is 18.9. The highest BCUT2D eigenvalue weighted by atomic mass is 35.5. The topological polar surface area (TPSA) is 93.0 Å². The highest BCUT2D eigenvalue weighted by molar-refractivity contribution is 7.90. The second-order valence-electron chi connectivity index (χ2n) is 5.78. The molecule has 0 bridgehead atoms. The van der Waals surface area contributed by atoms with Crippen molar-refractivity contribution in [1.82, 2.24) is 0 Å². The predicted molar refractivity (Wildman–Crippen MR) is 98.1 cm³/mol. The summed E-state index contributed by atoms with van der Waals surface area (Å²) in [5, 5.41) is 9.80. The first-order valence-electron chi connectivity index (χ1n) is 7.99. The van der Waals surface area contributed by atoms with Crippen LogP contribution in [0.5, 0.6) is 5.75 Å². The molecule has 1 aliphatic heterocycles. The zero-order valence-electron chi connectivity index (χ0n) is 13.9. The monoisotopic (exact) mass is 393 g/mol. The molecule has 2 aromatic rings. The Labute approximate surface area is 156 Å². The third-order valence-electron chi connectivity index (χ3n) is 3.91. The van der Waals surface area contributed by atoms with Crippen molar-refractivity contribution >= 4 is 33.3 Å². The van der Waals surface area contributed by atoms with Crippen LogP contribution in [0.2, 0.25) is 5.02 Å². The molecule has 8 heteroatoms. The Morgan fingerprint density at radius 1 is 1.23 bits per heavy atom. The molecule has 0 aliphatic carbocycles. The lowest BCUT2D eigenvalue weighted by molar-refractivity contribution is 0.0696. The van der Waals surface area contributed by atoms with E-state index < -0.39 is 16.0 Å². The molecule has 3 rings (SSSR count). The van der Waals surface area contributed by atoms with Gasteiger partial charge in [-0.15, -0.1) is 0 Å². The maximum Gasteiger partial charge on any atom is 0.335 e. The molecule has 1 N–H and O–H groups in total. The standard InChI is InChI=1S/C18H16ClNO5S/c1-2-3-8-25-14-9-12(18(21)22)10-15-16(14)17(20-26(15,23)24)11-4-6-13(19)7-5-11/h4-7,9-10H,2-3,8H2,1H3,(H,21,22). The molecule has 6 nitrogen and oxygen atoms in total. The van der Waals surface area contributed by atoms with Crippen LogP contribution in [0.15, 0.2) is 45.7 Å². The number of sulfonamides is 1. The van der Waals surface area contributed by atoms with Gasteiger partial charge >= 0.3 is 5.97 Å². The van der Waals surface area contributed by atoms with Crippen molar-refractivity contribution < 1.29 is 23.1 Å². The second kappa shape index (κ2) is 7.09. The van der Waals surface area contributed by atoms with Crippen molar-refractivity contribution in [3.63, 3.8) is 0 Å². The number of hydrogen-bond donors (Lipinski definition) is 1. The van der Waals surface area contributed by atoms with Crippen molar-refractivity contribution in [2.45, 2.75) is 24.7 Å². The zero-order valence-corrected chi connectivity index (χ0v) is 15.5. The Balaban J connectivity index is 2.20. The number of halogens is 1. The first-order chi connectivity index (χ1) is 12.3. The summed E-state index contributed by atoms with van der Waals surface area (Å²) < 4.78 is 34.6. The van der Waals surface area contributed by atoms with Gasteiger partial charge in [0.05, 0.1) is 23.4 Å². The van der Waals surface area contributed by atoms with Gasteiger partial charge in [0.2, 0.25) is 0 Å². The lowest BCUT2D eigenvalue weighted by Gasteiger charge is -2.13. The van der Waals surface area contributed by atoms with Gasteiger partial charge in [-0.3, -0.25) is 0 Å². The molecule has 0 saturated carbocycles. The van der Waals surface area contributed by atoms with Crippen LogP contribution in [-0.2, 0) is 10.0 Å². The van der Waals surface area contributed by atoms with Gasteiger partial charge < -0.3 is 9.84 Å². The first kappa shape index (κ1) is 18.4. The van der Waals surface area contributed by atoms with Gasteiger partial charge in [0.25, 0.3) is 10.0 Å². The molecule has 26 heavy (non-hydrogen) atoms. The Morgan fingerprint density at radius 3 is 2.54 bits per heavy atom. The maximum absolute atomic E-state index is 12.5. The highest BCUT2D eigenvalue weighted by Crippen LogP contribution is 2.37. The lowest BCUT2D eigenvalue weighted by atomic mass is 10.00. The van der Waals surface area contributed by atoms with Crippen LogP contribution >= 0.6 is 11.6 Å². The van der Waals surface area contributed by atoms with Crippen LogP contribution in [0.4, 0.5) is 0 Å². The van der Waals surface area contributed by atoms with Crippen molar-refractivity contribution in [1.29, 1.82) is 0 Å². The van der Waals surface area contributed by atoms with Crippen molar-refractivity contribution in [3.05, 3.63) is 58.1 Å². The van der Waals surface area contributed by atoms with E-state index in [0.29, 0.717) is 17.2 Å². The fourth-order valence-electron chi connectivity index (χ4n) is 2.61. The van der Waals surface area contributed by atoms with E-state index in [-0.39, 0.29) is 27.5 Å². The normalized spacial score (nSPS) is 14.6. The van der Waals surface area contributed by atoms with Crippen molar-refractivity contribution in [3.8, 4) is 5.75 Å². The maximum atomic E-state index is 12.5. The van der Waals surface area contributed by atoms with Crippen LogP contribution < -0.4 is 4.74 Å². The first-order valence-corrected chi connectivity index (χ1v) is 9.80. The molecular formula is C18H16ClNO5S. The molecule has 0 fully saturated rings. The van der Waals surface area contributed by atoms with E-state index in [2.05, 4.69) is 4.40 Å². The minimum atomic E-state index is -4.01. The van der Waals surface area contributed by atoms with E-state index in [1.807, 2.05) is 6.92 Å². The second-order valence-corrected chi connectivity index (χ2v) is 7.79. The van der Waals surface area contributed by atoms with Gasteiger partial charge in [-0.25, -0.2) is 4.79 Å². The summed E-state index contributed by atoms with van der Waals surface area (Å²) in [5.41, 5.74) is 0.903. The number of unbranched alkanes of at least 4 members (excludes halogenated alkanes) is 1. The molecule has 2 aromatic carbocycles. The molecule has 1 aliphatic rings. The van der Waals surface area contributed by atoms with E-state index in [0.717, 1.165) is 18.9 Å². The molecule has 0 unspecified atom stereocenters. The van der Waals surface area contributed by atoms with Crippen LogP contribution in [-0.4, -0.2) is 31.8 Å². The highest BCUT2D eigenvalue weighted by Gasteiger charge is 2.34. The Hall–Kier alpha value is -2.38. The smallest absolute Gasteiger partial charge is 0.335 e. The Morgan fingerprint density at radius 2 is 1.92 bits per heavy atom. The summed E-state index contributed by atoms with van der Waals surface area (Å²) in [6.07, 6.45) is 1.64. The SMILES string of the molecule is CCCCOc1cc(C(=O)O)cc2c1C(c1ccc(Cl)cc1)=NS2(=O)=O. The molecular weight excluding hydrogens is 378 g/mol. The predicted octanol–water partition coefficient (Wildman–Crippen LogP) is 3.76. The average Bonchev–Trinajstić information content (AvgIpc) is 2.87. The van der Waals surface area contributed by atoms with Gasteiger partial charge in [0, 0.05) is 10.6 Å². The fourth-order valence-corrected chi connectivity index (χ4v) is 4.00. The summed E-state index contributed by atoms with van der Waals surface area (Å²) in [5.74, 6) is -1.04. The van der Waals surface area contributed by atoms with E-state index in [9.17, 15) is 18.3 Å². The molecule has 0 atom stereocenters. The number of nitrogens with zero attached hydrogens (tertiary/aromatic N) is 1. The van der Waals surface area contributed by atoms with Gasteiger partial charge in [-0.05, 0) is 30.7 Å². The Kier molecular flexibility index (Phi) is 5.02. The third-order valence-corrected chi connectivity index (χ3v) is 5.46. The minimum absolute atomic E-state index is 0.158. The third kappa shape index (κ3) is 3.45. The largest absolute Gasteiger partial charge is 0.493 e. The number of hydrogen-bond acceptors (Lipinski definition) is 4. The number of benzene rings is 2. The summed E-state index contributed by atoms with van der Waals surface area (Å²) in [6, 6.07) is 9.04. The van der Waals surface area contributed by atoms with E-state index in [1.54, 1.807) is 24.3 Å². The Bertz CT molecular complexity index is 997. The van der Waals surface area contributed by atoms with Gasteiger partial charge in [0.1, 0.15) is 10.6 Å². The number of fused-ring (bicyclic) bond motifs is 1. The quantitative estimate of drug-likeness (QED) is 0.754. The minimum Gasteiger partial charge on any atom is -0.493 e. The molecule has 0 radical (unpaired) electrons. The number of aromatic carboxylic acids is 1. The van der Waals surface area contributed by atoms with E-state index >= 15 is 0 Å². The average molecular weight is 394 g/mol. The van der Waals surface area contributed by atoms with Crippen molar-refractivity contribution in [2.24, 2.45) is 4.40 Å². The van der Waals surface area contributed by atoms with Gasteiger partial charge in [-0.2, -0.15) is 12.8 Å². The number of rotatable bonds is 6. The van der Waals surface area contributed by atoms with Crippen LogP contribution in [0, 0.1) is 0 Å². The summed E-state index contributed by atoms with van der Waals surface area (Å²) in [7, 11) is -4.01. The fraction of sp³-hybridized carbons (Fsp3) is 0.222. The molecule has 0 spiro atoms. The van der Waals surface area contributed by atoms with Crippen LogP contribution in [0.1, 0.15) is 41.3 Å². The summed E-state index contributed by atoms with van der Waals surface area (Å²) in [4.78, 5) is 11.2. The van der Waals surface area contributed by atoms with Gasteiger partial charge in [-0.1, -0.05) is 37.1 Å². The molecule has 0 aromatic heterocycles. The van der Waals surface area contributed by atoms with Crippen LogP contribution in [0.25, 0.3) is 0 Å². The number of carbonyl (C=O) groups is 1. The summed E-state index contributed by atoms with van der Waals surface area (Å²) in [6.45, 7) is 2.34. The molecule has 0 amide bonds. The summed E-state index contributed by atoms with van der Waals surface area (Å²) >= 11 is 5.90. The molecule has 136 valence electrons. The van der Waals surface area contributed by atoms with Crippen molar-refractivity contribution in [2.75, 3.05) is 6.61 Å². The van der Waals surface area contributed by atoms with Crippen LogP contribution in [0.3, 0.4) is 0 Å². The lowest BCUT2D eigenvalue weighted by Crippen LogP contribution is -2.09. The number of carboxylic acid groups (broad SMARTS) is 1. The van der Waals surface area contributed by atoms with E-state index in [4.69, 9.17) is 16.3 Å². The molecule has 0 saturated heterocycles.